The van der Waals surface area contributed by atoms with E-state index in [1.165, 1.54) is 13.2 Å². The summed E-state index contributed by atoms with van der Waals surface area (Å²) in [6, 6.07) is 9.32. The second kappa shape index (κ2) is 4.97. The summed E-state index contributed by atoms with van der Waals surface area (Å²) < 4.78 is 4.49. The number of carbonyl (C=O) groups excluding carboxylic acids is 1. The van der Waals surface area contributed by atoms with E-state index in [4.69, 9.17) is 5.26 Å². The van der Waals surface area contributed by atoms with Gasteiger partial charge < -0.3 is 4.74 Å². The number of nitriles is 1. The van der Waals surface area contributed by atoms with E-state index >= 15 is 0 Å². The Bertz CT molecular complexity index is 441. The third kappa shape index (κ3) is 2.68. The van der Waals surface area contributed by atoms with E-state index in [1.54, 1.807) is 0 Å². The number of methoxy groups -OCH3 is 1. The van der Waals surface area contributed by atoms with Crippen molar-refractivity contribution in [3.8, 4) is 6.07 Å². The average molecular weight is 201 g/mol. The van der Waals surface area contributed by atoms with Crippen LogP contribution in [0.15, 0.2) is 29.8 Å². The van der Waals surface area contributed by atoms with E-state index in [-0.39, 0.29) is 5.57 Å². The summed E-state index contributed by atoms with van der Waals surface area (Å²) in [5, 5.41) is 8.76. The fraction of sp³-hybridized carbons (Fsp3) is 0.167. The highest BCUT2D eigenvalue weighted by molar-refractivity contribution is 5.97. The van der Waals surface area contributed by atoms with Crippen molar-refractivity contribution in [1.29, 1.82) is 5.26 Å². The van der Waals surface area contributed by atoms with Crippen LogP contribution in [0.3, 0.4) is 0 Å². The van der Waals surface area contributed by atoms with E-state index in [0.29, 0.717) is 0 Å². The van der Waals surface area contributed by atoms with Crippen molar-refractivity contribution >= 4 is 12.0 Å². The molecule has 0 bridgehead atoms. The Morgan fingerprint density at radius 3 is 2.67 bits per heavy atom. The maximum atomic E-state index is 11.1. The van der Waals surface area contributed by atoms with Gasteiger partial charge in [-0.3, -0.25) is 0 Å². The van der Waals surface area contributed by atoms with Crippen molar-refractivity contribution in [2.24, 2.45) is 0 Å². The monoisotopic (exact) mass is 201 g/mol. The number of esters is 1. The molecule has 0 saturated carbocycles. The van der Waals surface area contributed by atoms with Crippen LogP contribution >= 0.6 is 0 Å². The zero-order valence-corrected chi connectivity index (χ0v) is 8.65. The van der Waals surface area contributed by atoms with Crippen LogP contribution in [0.25, 0.3) is 6.08 Å². The fourth-order valence-electron chi connectivity index (χ4n) is 1.15. The van der Waals surface area contributed by atoms with E-state index in [2.05, 4.69) is 4.74 Å². The lowest BCUT2D eigenvalue weighted by Gasteiger charge is -2.00. The predicted octanol–water partition coefficient (Wildman–Crippen LogP) is 2.08. The van der Waals surface area contributed by atoms with E-state index in [1.807, 2.05) is 37.3 Å². The summed E-state index contributed by atoms with van der Waals surface area (Å²) >= 11 is 0. The van der Waals surface area contributed by atoms with Gasteiger partial charge in [-0.1, -0.05) is 24.3 Å². The largest absolute Gasteiger partial charge is 0.465 e. The second-order valence-corrected chi connectivity index (χ2v) is 3.02. The van der Waals surface area contributed by atoms with Crippen molar-refractivity contribution < 1.29 is 9.53 Å². The highest BCUT2D eigenvalue weighted by Crippen LogP contribution is 2.12. The summed E-state index contributed by atoms with van der Waals surface area (Å²) in [7, 11) is 1.26. The number of aryl methyl sites for hydroxylation is 1. The van der Waals surface area contributed by atoms with Crippen LogP contribution in [0, 0.1) is 18.3 Å². The predicted molar refractivity (Wildman–Crippen MR) is 56.8 cm³/mol. The molecule has 0 unspecified atom stereocenters. The minimum Gasteiger partial charge on any atom is -0.465 e. The van der Waals surface area contributed by atoms with Gasteiger partial charge in [0.2, 0.25) is 0 Å². The number of nitrogens with zero attached hydrogens (tertiary/aromatic N) is 1. The zero-order chi connectivity index (χ0) is 11.3. The van der Waals surface area contributed by atoms with Gasteiger partial charge in [0, 0.05) is 0 Å². The van der Waals surface area contributed by atoms with Crippen LogP contribution in [-0.4, -0.2) is 13.1 Å². The molecule has 0 aliphatic heterocycles. The van der Waals surface area contributed by atoms with Gasteiger partial charge in [-0.2, -0.15) is 5.26 Å². The molecule has 0 saturated heterocycles. The molecule has 3 heteroatoms. The molecule has 0 heterocycles. The van der Waals surface area contributed by atoms with Gasteiger partial charge in [-0.25, -0.2) is 4.79 Å². The molecule has 1 aromatic rings. The molecule has 0 N–H and O–H groups in total. The van der Waals surface area contributed by atoms with E-state index < -0.39 is 5.97 Å². The minimum atomic E-state index is -0.610. The summed E-state index contributed by atoms with van der Waals surface area (Å²) in [6.45, 7) is 1.91. The van der Waals surface area contributed by atoms with Crippen LogP contribution in [-0.2, 0) is 9.53 Å². The molecule has 0 radical (unpaired) electrons. The van der Waals surface area contributed by atoms with Gasteiger partial charge >= 0.3 is 5.97 Å². The Kier molecular flexibility index (Phi) is 3.64. The second-order valence-electron chi connectivity index (χ2n) is 3.02. The van der Waals surface area contributed by atoms with Gasteiger partial charge in [-0.05, 0) is 24.1 Å². The van der Waals surface area contributed by atoms with Crippen molar-refractivity contribution in [3.05, 3.63) is 41.0 Å². The fourth-order valence-corrected chi connectivity index (χ4v) is 1.15. The van der Waals surface area contributed by atoms with Crippen molar-refractivity contribution in [3.63, 3.8) is 0 Å². The van der Waals surface area contributed by atoms with Gasteiger partial charge in [0.15, 0.2) is 0 Å². The molecule has 0 aliphatic rings. The standard InChI is InChI=1S/C12H11NO2/c1-9-5-3-4-6-10(9)7-11(8-13)12(14)15-2/h3-7H,1-2H3. The van der Waals surface area contributed by atoms with Gasteiger partial charge in [0.25, 0.3) is 0 Å². The molecule has 0 spiro atoms. The molecule has 76 valence electrons. The molecule has 3 nitrogen and oxygen atoms in total. The lowest BCUT2D eigenvalue weighted by Crippen LogP contribution is -2.02. The van der Waals surface area contributed by atoms with Crippen LogP contribution in [0.5, 0.6) is 0 Å². The van der Waals surface area contributed by atoms with Gasteiger partial charge in [-0.15, -0.1) is 0 Å². The van der Waals surface area contributed by atoms with Crippen molar-refractivity contribution in [2.45, 2.75) is 6.92 Å². The Morgan fingerprint density at radius 2 is 2.13 bits per heavy atom. The molecular weight excluding hydrogens is 190 g/mol. The van der Waals surface area contributed by atoms with Gasteiger partial charge in [0.1, 0.15) is 11.6 Å². The number of hydrogen-bond acceptors (Lipinski definition) is 3. The highest BCUT2D eigenvalue weighted by Gasteiger charge is 2.08. The number of ether oxygens (including phenoxy) is 1. The summed E-state index contributed by atoms with van der Waals surface area (Å²) in [5.74, 6) is -0.610. The smallest absolute Gasteiger partial charge is 0.348 e. The maximum Gasteiger partial charge on any atom is 0.348 e. The minimum absolute atomic E-state index is 0.00630. The van der Waals surface area contributed by atoms with Crippen molar-refractivity contribution in [1.82, 2.24) is 0 Å². The first kappa shape index (κ1) is 11.0. The summed E-state index contributed by atoms with van der Waals surface area (Å²) in [5.41, 5.74) is 1.86. The topological polar surface area (TPSA) is 50.1 Å². The van der Waals surface area contributed by atoms with Crippen LogP contribution in [0.1, 0.15) is 11.1 Å². The highest BCUT2D eigenvalue weighted by atomic mass is 16.5. The van der Waals surface area contributed by atoms with Crippen molar-refractivity contribution in [2.75, 3.05) is 7.11 Å². The van der Waals surface area contributed by atoms with E-state index in [9.17, 15) is 4.79 Å². The molecule has 1 rings (SSSR count). The number of hydrogen-bond donors (Lipinski definition) is 0. The van der Waals surface area contributed by atoms with Crippen LogP contribution in [0.2, 0.25) is 0 Å². The molecule has 0 aliphatic carbocycles. The normalized spacial score (nSPS) is 10.6. The Balaban J connectivity index is 3.11. The van der Waals surface area contributed by atoms with Crippen LogP contribution in [0.4, 0.5) is 0 Å². The Labute approximate surface area is 88.6 Å². The lowest BCUT2D eigenvalue weighted by molar-refractivity contribution is -0.135. The third-order valence-corrected chi connectivity index (χ3v) is 2.01. The van der Waals surface area contributed by atoms with E-state index in [0.717, 1.165) is 11.1 Å². The third-order valence-electron chi connectivity index (χ3n) is 2.01. The first-order valence-electron chi connectivity index (χ1n) is 4.44. The average Bonchev–Trinajstić information content (AvgIpc) is 2.27. The number of carbonyl (C=O) groups is 1. The molecule has 0 atom stereocenters. The lowest BCUT2D eigenvalue weighted by atomic mass is 10.1. The van der Waals surface area contributed by atoms with Gasteiger partial charge in [0.05, 0.1) is 7.11 Å². The summed E-state index contributed by atoms with van der Waals surface area (Å²) in [4.78, 5) is 11.1. The SMILES string of the molecule is COC(=O)C(C#N)=Cc1ccccc1C. The number of benzene rings is 1. The molecule has 15 heavy (non-hydrogen) atoms. The number of rotatable bonds is 2. The molecule has 0 aromatic heterocycles. The molecular formula is C12H11NO2. The molecule has 1 aromatic carbocycles. The molecule has 0 fully saturated rings. The maximum absolute atomic E-state index is 11.1. The van der Waals surface area contributed by atoms with Crippen LogP contribution < -0.4 is 0 Å². The molecule has 0 amide bonds. The Hall–Kier alpha value is -2.08. The quantitative estimate of drug-likeness (QED) is 0.418. The Morgan fingerprint density at radius 1 is 1.47 bits per heavy atom. The first-order chi connectivity index (χ1) is 7.19. The summed E-state index contributed by atoms with van der Waals surface area (Å²) in [6.07, 6.45) is 1.53. The zero-order valence-electron chi connectivity index (χ0n) is 8.65. The first-order valence-corrected chi connectivity index (χ1v) is 4.44.